The van der Waals surface area contributed by atoms with Gasteiger partial charge in [0.2, 0.25) is 5.72 Å². The molecule has 0 amide bonds. The lowest BCUT2D eigenvalue weighted by atomic mass is 9.76. The summed E-state index contributed by atoms with van der Waals surface area (Å²) in [5.74, 6) is 0.897. The summed E-state index contributed by atoms with van der Waals surface area (Å²) in [7, 11) is 0. The normalized spacial score (nSPS) is 23.0. The number of fused-ring (bicyclic) bond motifs is 2. The van der Waals surface area contributed by atoms with Gasteiger partial charge in [0.15, 0.2) is 0 Å². The molecule has 1 unspecified atom stereocenters. The molecule has 3 nitrogen and oxygen atoms in total. The molecule has 2 aliphatic heterocycles. The average molecular weight is 320 g/mol. The van der Waals surface area contributed by atoms with Crippen molar-refractivity contribution in [2.75, 3.05) is 17.2 Å². The summed E-state index contributed by atoms with van der Waals surface area (Å²) in [6.07, 6.45) is 5.44. The van der Waals surface area contributed by atoms with Gasteiger partial charge in [-0.3, -0.25) is 0 Å². The van der Waals surface area contributed by atoms with Gasteiger partial charge in [-0.15, -0.1) is 0 Å². The van der Waals surface area contributed by atoms with Crippen LogP contribution in [0.5, 0.6) is 5.75 Å². The molecule has 0 radical (unpaired) electrons. The van der Waals surface area contributed by atoms with Gasteiger partial charge in [0.25, 0.3) is 0 Å². The van der Waals surface area contributed by atoms with Crippen molar-refractivity contribution < 1.29 is 4.74 Å². The summed E-state index contributed by atoms with van der Waals surface area (Å²) >= 11 is 0. The summed E-state index contributed by atoms with van der Waals surface area (Å²) in [4.78, 5) is 2.41. The van der Waals surface area contributed by atoms with Crippen LogP contribution >= 0.6 is 0 Å². The minimum atomic E-state index is -0.504. The molecule has 124 valence electrons. The van der Waals surface area contributed by atoms with Gasteiger partial charge in [-0.2, -0.15) is 0 Å². The Kier molecular flexibility index (Phi) is 3.17. The summed E-state index contributed by atoms with van der Waals surface area (Å²) in [6.45, 7) is 7.71. The highest BCUT2D eigenvalue weighted by molar-refractivity contribution is 5.73. The number of hydrogen-bond acceptors (Lipinski definition) is 3. The predicted molar refractivity (Wildman–Crippen MR) is 100 cm³/mol. The highest BCUT2D eigenvalue weighted by atomic mass is 16.5. The smallest absolute Gasteiger partial charge is 0.212 e. The summed E-state index contributed by atoms with van der Waals surface area (Å²) in [5, 5.41) is 0. The van der Waals surface area contributed by atoms with Gasteiger partial charge in [-0.25, -0.2) is 0 Å². The molecular weight excluding hydrogens is 296 g/mol. The molecule has 2 aromatic carbocycles. The second-order valence-corrected chi connectivity index (χ2v) is 7.22. The van der Waals surface area contributed by atoms with Crippen molar-refractivity contribution in [1.29, 1.82) is 0 Å². The third-order valence-electron chi connectivity index (χ3n) is 5.40. The molecule has 2 aliphatic rings. The van der Waals surface area contributed by atoms with Gasteiger partial charge in [-0.05, 0) is 62.2 Å². The molecule has 24 heavy (non-hydrogen) atoms. The Morgan fingerprint density at radius 2 is 1.92 bits per heavy atom. The molecular formula is C21H24N2O. The zero-order valence-corrected chi connectivity index (χ0v) is 14.5. The number of ether oxygens (including phenoxy) is 1. The summed E-state index contributed by atoms with van der Waals surface area (Å²) < 4.78 is 6.68. The summed E-state index contributed by atoms with van der Waals surface area (Å²) in [6, 6.07) is 14.5. The zero-order chi connectivity index (χ0) is 16.9. The van der Waals surface area contributed by atoms with E-state index in [1.807, 2.05) is 18.2 Å². The monoisotopic (exact) mass is 320 g/mol. The molecule has 0 aliphatic carbocycles. The molecule has 2 aromatic rings. The van der Waals surface area contributed by atoms with Crippen LogP contribution in [0.15, 0.2) is 48.5 Å². The van der Waals surface area contributed by atoms with Crippen LogP contribution in [0.2, 0.25) is 0 Å². The van der Waals surface area contributed by atoms with Crippen LogP contribution in [0.3, 0.4) is 0 Å². The fourth-order valence-corrected chi connectivity index (χ4v) is 4.13. The Labute approximate surface area is 143 Å². The van der Waals surface area contributed by atoms with E-state index < -0.39 is 5.72 Å². The van der Waals surface area contributed by atoms with E-state index in [-0.39, 0.29) is 5.41 Å². The van der Waals surface area contributed by atoms with Crippen LogP contribution in [0.25, 0.3) is 6.08 Å². The average Bonchev–Trinajstić information content (AvgIpc) is 2.75. The molecule has 0 saturated heterocycles. The molecule has 1 atom stereocenters. The number of benzene rings is 2. The number of nitrogens with two attached hydrogens (primary N) is 1. The molecule has 3 heteroatoms. The number of nitrogen functional groups attached to an aromatic ring is 1. The van der Waals surface area contributed by atoms with E-state index >= 15 is 0 Å². The second-order valence-electron chi connectivity index (χ2n) is 7.22. The van der Waals surface area contributed by atoms with Crippen LogP contribution in [-0.2, 0) is 5.41 Å². The van der Waals surface area contributed by atoms with Crippen molar-refractivity contribution in [2.24, 2.45) is 0 Å². The first-order valence-corrected chi connectivity index (χ1v) is 8.64. The van der Waals surface area contributed by atoms with Crippen LogP contribution in [0.1, 0.15) is 38.3 Å². The van der Waals surface area contributed by atoms with Crippen molar-refractivity contribution in [3.8, 4) is 5.75 Å². The lowest BCUT2D eigenvalue weighted by Gasteiger charge is -2.47. The van der Waals surface area contributed by atoms with E-state index in [0.717, 1.165) is 30.0 Å². The van der Waals surface area contributed by atoms with Crippen LogP contribution in [0.4, 0.5) is 11.4 Å². The first-order chi connectivity index (χ1) is 11.5. The van der Waals surface area contributed by atoms with Crippen molar-refractivity contribution >= 4 is 17.5 Å². The molecule has 1 spiro atoms. The molecule has 4 rings (SSSR count). The lowest BCUT2D eigenvalue weighted by molar-refractivity contribution is 0.0535. The maximum absolute atomic E-state index is 6.68. The van der Waals surface area contributed by atoms with E-state index in [2.05, 4.69) is 62.1 Å². The quantitative estimate of drug-likeness (QED) is 0.823. The predicted octanol–water partition coefficient (Wildman–Crippen LogP) is 4.58. The first kappa shape index (κ1) is 15.1. The maximum Gasteiger partial charge on any atom is 0.212 e. The van der Waals surface area contributed by atoms with Crippen LogP contribution in [0, 0.1) is 0 Å². The Bertz CT molecular complexity index is 824. The molecule has 2 N–H and O–H groups in total. The molecule has 0 aromatic heterocycles. The van der Waals surface area contributed by atoms with E-state index in [1.165, 1.54) is 11.3 Å². The van der Waals surface area contributed by atoms with Crippen molar-refractivity contribution in [2.45, 2.75) is 38.3 Å². The Balaban J connectivity index is 1.90. The number of para-hydroxylation sites is 1. The van der Waals surface area contributed by atoms with Gasteiger partial charge in [-0.1, -0.05) is 25.1 Å². The highest BCUT2D eigenvalue weighted by Crippen LogP contribution is 2.54. The molecule has 2 heterocycles. The third kappa shape index (κ3) is 1.84. The van der Waals surface area contributed by atoms with Gasteiger partial charge in [0.05, 0.1) is 5.41 Å². The van der Waals surface area contributed by atoms with Gasteiger partial charge >= 0.3 is 0 Å². The minimum absolute atomic E-state index is 0.158. The standard InChI is InChI=1S/C21H24N2O/c1-4-13-23-18-8-6-5-7-17(18)20(2,3)21(23)12-11-15-14-16(22)9-10-19(15)24-21/h5-12,14H,4,13,22H2,1-3H3. The van der Waals surface area contributed by atoms with Gasteiger partial charge in [0.1, 0.15) is 5.75 Å². The van der Waals surface area contributed by atoms with Crippen LogP contribution in [-0.4, -0.2) is 12.3 Å². The number of nitrogens with zero attached hydrogens (tertiary/aromatic N) is 1. The van der Waals surface area contributed by atoms with Crippen molar-refractivity contribution in [3.05, 3.63) is 59.7 Å². The maximum atomic E-state index is 6.68. The van der Waals surface area contributed by atoms with Crippen molar-refractivity contribution in [1.82, 2.24) is 0 Å². The largest absolute Gasteiger partial charge is 0.463 e. The highest BCUT2D eigenvalue weighted by Gasteiger charge is 2.58. The minimum Gasteiger partial charge on any atom is -0.463 e. The van der Waals surface area contributed by atoms with E-state index in [4.69, 9.17) is 10.5 Å². The Hall–Kier alpha value is -2.42. The number of hydrogen-bond donors (Lipinski definition) is 1. The topological polar surface area (TPSA) is 38.5 Å². The van der Waals surface area contributed by atoms with Crippen molar-refractivity contribution in [3.63, 3.8) is 0 Å². The fraction of sp³-hybridized carbons (Fsp3) is 0.333. The van der Waals surface area contributed by atoms with E-state index in [0.29, 0.717) is 0 Å². The molecule has 0 fully saturated rings. The third-order valence-corrected chi connectivity index (χ3v) is 5.40. The number of anilines is 2. The second kappa shape index (κ2) is 5.04. The summed E-state index contributed by atoms with van der Waals surface area (Å²) in [5.41, 5.74) is 9.67. The molecule has 0 saturated carbocycles. The molecule has 0 bridgehead atoms. The number of rotatable bonds is 2. The van der Waals surface area contributed by atoms with E-state index in [1.54, 1.807) is 0 Å². The van der Waals surface area contributed by atoms with Gasteiger partial charge in [0, 0.05) is 23.5 Å². The fourth-order valence-electron chi connectivity index (χ4n) is 4.13. The SMILES string of the molecule is CCCN1c2ccccc2C(C)(C)C12C=Cc1cc(N)ccc1O2. The zero-order valence-electron chi connectivity index (χ0n) is 14.5. The lowest BCUT2D eigenvalue weighted by Crippen LogP contribution is -2.59. The van der Waals surface area contributed by atoms with Gasteiger partial charge < -0.3 is 15.4 Å². The first-order valence-electron chi connectivity index (χ1n) is 8.64. The van der Waals surface area contributed by atoms with E-state index in [9.17, 15) is 0 Å². The van der Waals surface area contributed by atoms with Crippen LogP contribution < -0.4 is 15.4 Å². The Morgan fingerprint density at radius 1 is 1.12 bits per heavy atom. The Morgan fingerprint density at radius 3 is 2.71 bits per heavy atom.